The van der Waals surface area contributed by atoms with Gasteiger partial charge in [-0.05, 0) is 122 Å². The van der Waals surface area contributed by atoms with Crippen LogP contribution < -0.4 is 5.32 Å². The number of benzene rings is 4. The van der Waals surface area contributed by atoms with Gasteiger partial charge in [-0.3, -0.25) is 9.59 Å². The number of Topliss-reactive ketones (excluding diaryl/α,β-unsaturated/α-hetero) is 1. The van der Waals surface area contributed by atoms with Crippen LogP contribution in [0.4, 0.5) is 5.69 Å². The van der Waals surface area contributed by atoms with Crippen molar-refractivity contribution in [1.29, 1.82) is 0 Å². The number of carbonyl (C=O) groups excluding carboxylic acids is 2. The van der Waals surface area contributed by atoms with E-state index in [2.05, 4.69) is 37.4 Å². The van der Waals surface area contributed by atoms with Gasteiger partial charge in [-0.25, -0.2) is 0 Å². The highest BCUT2D eigenvalue weighted by Crippen LogP contribution is 2.28. The summed E-state index contributed by atoms with van der Waals surface area (Å²) in [5, 5.41) is 3.04. The minimum atomic E-state index is -0.109. The average molecular weight is 476 g/mol. The lowest BCUT2D eigenvalue weighted by atomic mass is 9.94. The number of aryl methyl sites for hydroxylation is 6. The van der Waals surface area contributed by atoms with E-state index in [1.54, 1.807) is 0 Å². The summed E-state index contributed by atoms with van der Waals surface area (Å²) in [5.41, 5.74) is 12.1. The number of carbonyl (C=O) groups is 2. The lowest BCUT2D eigenvalue weighted by Crippen LogP contribution is -2.13. The molecule has 0 bridgehead atoms. The highest BCUT2D eigenvalue weighted by molar-refractivity contribution is 6.05. The van der Waals surface area contributed by atoms with Gasteiger partial charge in [-0.2, -0.15) is 0 Å². The molecule has 0 unspecified atom stereocenters. The Kier molecular flexibility index (Phi) is 7.21. The molecule has 0 aromatic heterocycles. The fraction of sp³-hybridized carbons (Fsp3) is 0.212. The van der Waals surface area contributed by atoms with E-state index in [-0.39, 0.29) is 11.7 Å². The molecule has 4 rings (SSSR count). The predicted molar refractivity (Wildman–Crippen MR) is 149 cm³/mol. The molecule has 0 aliphatic heterocycles. The lowest BCUT2D eigenvalue weighted by Gasteiger charge is -2.13. The Balaban J connectivity index is 1.49. The molecule has 0 fully saturated rings. The fourth-order valence-corrected chi connectivity index (χ4v) is 4.32. The minimum Gasteiger partial charge on any atom is -0.322 e. The molecule has 0 heterocycles. The Bertz CT molecular complexity index is 1370. The second-order valence-corrected chi connectivity index (χ2v) is 9.82. The summed E-state index contributed by atoms with van der Waals surface area (Å²) in [7, 11) is 0. The summed E-state index contributed by atoms with van der Waals surface area (Å²) in [6, 6.07) is 24.0. The first-order valence-electron chi connectivity index (χ1n) is 12.3. The maximum atomic E-state index is 12.9. The van der Waals surface area contributed by atoms with Crippen molar-refractivity contribution in [1.82, 2.24) is 0 Å². The van der Waals surface area contributed by atoms with E-state index in [4.69, 9.17) is 0 Å². The summed E-state index contributed by atoms with van der Waals surface area (Å²) in [5.74, 6) is 0.0243. The van der Waals surface area contributed by atoms with Crippen molar-refractivity contribution < 1.29 is 9.59 Å². The molecule has 1 amide bonds. The van der Waals surface area contributed by atoms with Crippen molar-refractivity contribution in [2.75, 3.05) is 5.32 Å². The maximum absolute atomic E-state index is 12.9. The number of ketones is 1. The average Bonchev–Trinajstić information content (AvgIpc) is 2.84. The van der Waals surface area contributed by atoms with Gasteiger partial charge in [-0.1, -0.05) is 42.5 Å². The molecule has 3 nitrogen and oxygen atoms in total. The van der Waals surface area contributed by atoms with E-state index in [1.807, 2.05) is 82.3 Å². The molecule has 4 aromatic carbocycles. The summed E-state index contributed by atoms with van der Waals surface area (Å²) in [6.45, 7) is 12.2. The van der Waals surface area contributed by atoms with E-state index < -0.39 is 0 Å². The Morgan fingerprint density at radius 1 is 0.556 bits per heavy atom. The van der Waals surface area contributed by atoms with Crippen molar-refractivity contribution >= 4 is 17.4 Å². The quantitative estimate of drug-likeness (QED) is 0.288. The molecule has 0 saturated carbocycles. The highest BCUT2D eigenvalue weighted by atomic mass is 16.1. The normalized spacial score (nSPS) is 10.8. The fourth-order valence-electron chi connectivity index (χ4n) is 4.32. The zero-order valence-corrected chi connectivity index (χ0v) is 22.0. The first kappa shape index (κ1) is 25.1. The van der Waals surface area contributed by atoms with Crippen molar-refractivity contribution in [3.8, 4) is 11.1 Å². The SMILES string of the molecule is Cc1ccc(C(=O)Cc2ccc(-c3ccc(NC(=O)c4ccc(C)c(C)c4)c(C)c3)cc2C)cc1C. The molecule has 1 N–H and O–H groups in total. The van der Waals surface area contributed by atoms with E-state index in [0.717, 1.165) is 50.2 Å². The monoisotopic (exact) mass is 475 g/mol. The Morgan fingerprint density at radius 3 is 1.69 bits per heavy atom. The first-order valence-corrected chi connectivity index (χ1v) is 12.3. The van der Waals surface area contributed by atoms with E-state index >= 15 is 0 Å². The zero-order chi connectivity index (χ0) is 26.0. The van der Waals surface area contributed by atoms with Gasteiger partial charge in [0, 0.05) is 23.2 Å². The van der Waals surface area contributed by atoms with E-state index in [9.17, 15) is 9.59 Å². The van der Waals surface area contributed by atoms with Crippen LogP contribution in [0.2, 0.25) is 0 Å². The largest absolute Gasteiger partial charge is 0.322 e. The number of amides is 1. The smallest absolute Gasteiger partial charge is 0.255 e. The van der Waals surface area contributed by atoms with Gasteiger partial charge in [0.1, 0.15) is 0 Å². The van der Waals surface area contributed by atoms with Crippen LogP contribution in [0.5, 0.6) is 0 Å². The number of nitrogens with one attached hydrogen (secondary N) is 1. The molecule has 0 atom stereocenters. The van der Waals surface area contributed by atoms with Gasteiger partial charge in [0.15, 0.2) is 5.78 Å². The Labute approximate surface area is 214 Å². The van der Waals surface area contributed by atoms with Gasteiger partial charge in [0.2, 0.25) is 0 Å². The van der Waals surface area contributed by atoms with E-state index in [0.29, 0.717) is 12.0 Å². The highest BCUT2D eigenvalue weighted by Gasteiger charge is 2.13. The third kappa shape index (κ3) is 5.46. The maximum Gasteiger partial charge on any atom is 0.255 e. The molecular formula is C33H33NO2. The standard InChI is InChI=1S/C33H33NO2/c1-20-7-9-29(15-22(20)3)32(35)19-26-11-12-27(17-24(26)5)28-13-14-31(25(6)18-28)34-33(36)30-10-8-21(2)23(4)16-30/h7-18H,19H2,1-6H3,(H,34,36). The number of hydrogen-bond acceptors (Lipinski definition) is 2. The number of anilines is 1. The van der Waals surface area contributed by atoms with Crippen LogP contribution in [-0.4, -0.2) is 11.7 Å². The summed E-state index contributed by atoms with van der Waals surface area (Å²) < 4.78 is 0. The molecule has 0 aliphatic carbocycles. The number of hydrogen-bond donors (Lipinski definition) is 1. The summed E-state index contributed by atoms with van der Waals surface area (Å²) in [4.78, 5) is 25.6. The van der Waals surface area contributed by atoms with Crippen LogP contribution in [0.3, 0.4) is 0 Å². The third-order valence-electron chi connectivity index (χ3n) is 7.10. The minimum absolute atomic E-state index is 0.109. The van der Waals surface area contributed by atoms with Crippen LogP contribution in [0, 0.1) is 41.5 Å². The summed E-state index contributed by atoms with van der Waals surface area (Å²) in [6.07, 6.45) is 0.386. The van der Waals surface area contributed by atoms with Crippen LogP contribution in [0.25, 0.3) is 11.1 Å². The summed E-state index contributed by atoms with van der Waals surface area (Å²) >= 11 is 0. The van der Waals surface area contributed by atoms with Gasteiger partial charge in [0.05, 0.1) is 0 Å². The molecule has 36 heavy (non-hydrogen) atoms. The lowest BCUT2D eigenvalue weighted by molar-refractivity contribution is 0.0990. The van der Waals surface area contributed by atoms with E-state index in [1.165, 1.54) is 11.1 Å². The van der Waals surface area contributed by atoms with Gasteiger partial charge in [-0.15, -0.1) is 0 Å². The van der Waals surface area contributed by atoms with Crippen LogP contribution in [-0.2, 0) is 6.42 Å². The van der Waals surface area contributed by atoms with Crippen LogP contribution in [0.1, 0.15) is 59.7 Å². The molecule has 0 saturated heterocycles. The van der Waals surface area contributed by atoms with Gasteiger partial charge < -0.3 is 5.32 Å². The van der Waals surface area contributed by atoms with Crippen molar-refractivity contribution in [3.05, 3.63) is 123 Å². The topological polar surface area (TPSA) is 46.2 Å². The van der Waals surface area contributed by atoms with Gasteiger partial charge >= 0.3 is 0 Å². The molecule has 0 aliphatic rings. The molecule has 182 valence electrons. The Hall–Kier alpha value is -3.98. The van der Waals surface area contributed by atoms with Crippen molar-refractivity contribution in [2.45, 2.75) is 48.0 Å². The molecule has 4 aromatic rings. The molecular weight excluding hydrogens is 442 g/mol. The predicted octanol–water partition coefficient (Wildman–Crippen LogP) is 7.88. The molecule has 0 radical (unpaired) electrons. The second kappa shape index (κ2) is 10.3. The van der Waals surface area contributed by atoms with Gasteiger partial charge in [0.25, 0.3) is 5.91 Å². The van der Waals surface area contributed by atoms with Crippen molar-refractivity contribution in [2.24, 2.45) is 0 Å². The molecule has 3 heteroatoms. The third-order valence-corrected chi connectivity index (χ3v) is 7.10. The Morgan fingerprint density at radius 2 is 1.11 bits per heavy atom. The first-order chi connectivity index (χ1) is 17.1. The molecule has 0 spiro atoms. The van der Waals surface area contributed by atoms with Crippen molar-refractivity contribution in [3.63, 3.8) is 0 Å². The zero-order valence-electron chi connectivity index (χ0n) is 22.0. The number of rotatable bonds is 6. The second-order valence-electron chi connectivity index (χ2n) is 9.82. The van der Waals surface area contributed by atoms with Crippen LogP contribution >= 0.6 is 0 Å². The van der Waals surface area contributed by atoms with Crippen LogP contribution in [0.15, 0.2) is 72.8 Å².